The summed E-state index contributed by atoms with van der Waals surface area (Å²) >= 11 is 0. The third-order valence-electron chi connectivity index (χ3n) is 24.9. The summed E-state index contributed by atoms with van der Waals surface area (Å²) in [7, 11) is 0. The first-order valence-electron chi connectivity index (χ1n) is 44.7. The molecule has 0 aliphatic rings. The average Bonchev–Trinajstić information content (AvgIpc) is 0.742. The highest BCUT2D eigenvalue weighted by Gasteiger charge is 2.22. The molecule has 0 N–H and O–H groups in total. The molecule has 0 aliphatic heterocycles. The number of para-hydroxylation sites is 3. The van der Waals surface area contributed by atoms with E-state index in [1.54, 1.807) is 18.6 Å². The quantitative estimate of drug-likeness (QED) is 0.0838. The van der Waals surface area contributed by atoms with E-state index in [-0.39, 0.29) is 0 Å². The largest absolute Gasteiger partial charge is 0.255 e. The maximum atomic E-state index is 5.34. The molecule has 0 aliphatic carbocycles. The Morgan fingerprint density at radius 2 is 0.388 bits per heavy atom. The molecule has 0 unspecified atom stereocenters. The zero-order chi connectivity index (χ0) is 88.8. The third-order valence-corrected chi connectivity index (χ3v) is 24.9. The van der Waals surface area contributed by atoms with Crippen LogP contribution in [0.2, 0.25) is 0 Å². The average molecular weight is 1710 g/mol. The van der Waals surface area contributed by atoms with Crippen molar-refractivity contribution in [1.82, 2.24) is 64.8 Å². The molecule has 13 heteroatoms. The molecule has 0 bridgehead atoms. The van der Waals surface area contributed by atoms with Crippen LogP contribution in [0, 0.1) is 0 Å². The number of benzene rings is 13. The summed E-state index contributed by atoms with van der Waals surface area (Å²) in [4.78, 5) is 64.4. The van der Waals surface area contributed by atoms with Gasteiger partial charge in [0.05, 0.1) is 129 Å². The van der Waals surface area contributed by atoms with Crippen LogP contribution in [0.1, 0.15) is 0 Å². The van der Waals surface area contributed by atoms with Crippen LogP contribution in [0.15, 0.2) is 455 Å². The van der Waals surface area contributed by atoms with Gasteiger partial charge in [0.15, 0.2) is 0 Å². The highest BCUT2D eigenvalue weighted by molar-refractivity contribution is 6.20. The Kier molecular flexibility index (Phi) is 20.3. The van der Waals surface area contributed by atoms with E-state index >= 15 is 0 Å². The molecule has 26 rings (SSSR count). The molecule has 0 saturated carbocycles. The SMILES string of the molecule is c1ccc(-c2c3ccccc3nc3c2ccc2ccc(-c4ccc(-c5cccc(-c6ccccn6)n5)c5ccccc45)nc23)cc1.c1ccc(-c2c3ccccc3nc3c2ccc2ccc(-c4ccc5cc(-c6cccc(-c7ccccn7)n6)ccc5c4)nc23)cc1.c1ccc(-c2c3ccccc3nc3c2ccc2ccc(-c4cccc(-c5cccc(-c6ccccn6)n5)n4)nc23)cc1. The van der Waals surface area contributed by atoms with Gasteiger partial charge < -0.3 is 0 Å². The van der Waals surface area contributed by atoms with Gasteiger partial charge >= 0.3 is 0 Å². The Bertz CT molecular complexity index is 9070. The summed E-state index contributed by atoms with van der Waals surface area (Å²) in [5, 5.41) is 14.4. The highest BCUT2D eigenvalue weighted by Crippen LogP contribution is 2.44. The number of pyridine rings is 13. The molecule has 13 aromatic heterocycles. The lowest BCUT2D eigenvalue weighted by atomic mass is 9.94. The van der Waals surface area contributed by atoms with Crippen molar-refractivity contribution >= 4 is 120 Å². The van der Waals surface area contributed by atoms with E-state index in [4.69, 9.17) is 49.8 Å². The summed E-state index contributed by atoms with van der Waals surface area (Å²) in [6.45, 7) is 0. The summed E-state index contributed by atoms with van der Waals surface area (Å²) in [6.07, 6.45) is 5.37. The van der Waals surface area contributed by atoms with Gasteiger partial charge in [-0.25, -0.2) is 49.8 Å². The topological polar surface area (TPSA) is 168 Å². The van der Waals surface area contributed by atoms with Crippen LogP contribution < -0.4 is 0 Å². The predicted octanol–water partition coefficient (Wildman–Crippen LogP) is 29.9. The van der Waals surface area contributed by atoms with Crippen molar-refractivity contribution < 1.29 is 0 Å². The van der Waals surface area contributed by atoms with Crippen molar-refractivity contribution in [2.45, 2.75) is 0 Å². The molecule has 13 nitrogen and oxygen atoms in total. The maximum absolute atomic E-state index is 5.34. The van der Waals surface area contributed by atoms with Crippen LogP contribution in [-0.4, -0.2) is 64.8 Å². The minimum absolute atomic E-state index is 0.778. The Labute approximate surface area is 770 Å². The smallest absolute Gasteiger partial charge is 0.0978 e. The van der Waals surface area contributed by atoms with Crippen LogP contribution in [-0.2, 0) is 0 Å². The van der Waals surface area contributed by atoms with Crippen LogP contribution in [0.4, 0.5) is 0 Å². The fourth-order valence-electron chi connectivity index (χ4n) is 18.6. The second-order valence-electron chi connectivity index (χ2n) is 33.1. The second kappa shape index (κ2) is 34.4. The molecule has 624 valence electrons. The number of fused-ring (bicyclic) bond motifs is 14. The lowest BCUT2D eigenvalue weighted by Gasteiger charge is -2.14. The van der Waals surface area contributed by atoms with Crippen molar-refractivity contribution in [2.75, 3.05) is 0 Å². The second-order valence-corrected chi connectivity index (χ2v) is 33.1. The van der Waals surface area contributed by atoms with Gasteiger partial charge in [-0.2, -0.15) is 0 Å². The standard InChI is InChI=1S/2C42H26N4.C37H23N5/c1-2-11-27(12-3-1)40-33-15-6-7-16-36(33)46-42-34(40)22-20-28-21-25-37(45-41(28)42)32-24-23-31(29-13-4-5-14-30(29)32)35-18-10-19-39(44-35)38-17-8-9-26-43-38;1-2-9-27(10-3-1)40-33-11-4-5-12-37(33)46-42-34(40)22-20-28-21-23-36(45-41(28)42)32-19-17-29-25-31(18-16-30(29)26-32)35-14-8-15-39(44-35)38-13-6-7-24-43-38;1-2-10-24(11-3-1)35-26-12-4-5-13-28(26)41-37-27(35)21-19-25-20-22-34(42-36(25)37)33-18-9-17-32(40-33)31-16-8-15-30(39-31)29-14-6-7-23-38-29/h2*1-26H;1-23H. The highest BCUT2D eigenvalue weighted by atomic mass is 14.9. The first-order valence-corrected chi connectivity index (χ1v) is 44.7. The Morgan fingerprint density at radius 1 is 0.127 bits per heavy atom. The van der Waals surface area contributed by atoms with Gasteiger partial charge in [0.1, 0.15) is 0 Å². The van der Waals surface area contributed by atoms with E-state index in [0.717, 1.165) is 227 Å². The molecular formula is C121H75N13. The number of hydrogen-bond acceptors (Lipinski definition) is 13. The summed E-state index contributed by atoms with van der Waals surface area (Å²) in [5.41, 5.74) is 31.5. The molecule has 13 aromatic carbocycles. The van der Waals surface area contributed by atoms with Crippen LogP contribution in [0.25, 0.3) is 255 Å². The summed E-state index contributed by atoms with van der Waals surface area (Å²) in [6, 6.07) is 150. The van der Waals surface area contributed by atoms with E-state index in [1.165, 1.54) is 27.8 Å². The lowest BCUT2D eigenvalue weighted by molar-refractivity contribution is 1.21. The maximum Gasteiger partial charge on any atom is 0.0978 e. The molecule has 13 heterocycles. The number of aromatic nitrogens is 13. The van der Waals surface area contributed by atoms with Crippen molar-refractivity contribution in [2.24, 2.45) is 0 Å². The molecule has 134 heavy (non-hydrogen) atoms. The minimum Gasteiger partial charge on any atom is -0.255 e. The van der Waals surface area contributed by atoms with Gasteiger partial charge in [-0.15, -0.1) is 0 Å². The van der Waals surface area contributed by atoms with E-state index in [9.17, 15) is 0 Å². The first kappa shape index (κ1) is 79.1. The van der Waals surface area contributed by atoms with Crippen molar-refractivity contribution in [3.63, 3.8) is 0 Å². The Hall–Kier alpha value is -18.3. The molecule has 26 aromatic rings. The van der Waals surface area contributed by atoms with E-state index in [1.807, 2.05) is 146 Å². The van der Waals surface area contributed by atoms with Crippen LogP contribution in [0.5, 0.6) is 0 Å². The minimum atomic E-state index is 0.778. The van der Waals surface area contributed by atoms with Gasteiger partial charge in [0.25, 0.3) is 0 Å². The molecule has 0 amide bonds. The Balaban J connectivity index is 0.000000111. The molecule has 0 fully saturated rings. The van der Waals surface area contributed by atoms with Gasteiger partial charge in [0, 0.05) is 106 Å². The fraction of sp³-hybridized carbons (Fsp3) is 0. The zero-order valence-electron chi connectivity index (χ0n) is 72.1. The lowest BCUT2D eigenvalue weighted by Crippen LogP contribution is -1.95. The van der Waals surface area contributed by atoms with Crippen molar-refractivity contribution in [1.29, 1.82) is 0 Å². The zero-order valence-corrected chi connectivity index (χ0v) is 72.1. The molecule has 0 radical (unpaired) electrons. The Morgan fingerprint density at radius 3 is 0.776 bits per heavy atom. The monoisotopic (exact) mass is 1710 g/mol. The van der Waals surface area contributed by atoms with Crippen molar-refractivity contribution in [3.8, 4) is 135 Å². The van der Waals surface area contributed by atoms with Crippen LogP contribution >= 0.6 is 0 Å². The normalized spacial score (nSPS) is 11.4. The van der Waals surface area contributed by atoms with Crippen molar-refractivity contribution in [3.05, 3.63) is 455 Å². The number of rotatable bonds is 12. The fourth-order valence-corrected chi connectivity index (χ4v) is 18.6. The van der Waals surface area contributed by atoms with E-state index < -0.39 is 0 Å². The summed E-state index contributed by atoms with van der Waals surface area (Å²) in [5.74, 6) is 0. The molecule has 0 atom stereocenters. The van der Waals surface area contributed by atoms with E-state index in [2.05, 4.69) is 306 Å². The van der Waals surface area contributed by atoms with Gasteiger partial charge in [-0.3, -0.25) is 15.0 Å². The predicted molar refractivity (Wildman–Crippen MR) is 548 cm³/mol. The number of hydrogen-bond donors (Lipinski definition) is 0. The van der Waals surface area contributed by atoms with Gasteiger partial charge in [-0.1, -0.05) is 303 Å². The van der Waals surface area contributed by atoms with Gasteiger partial charge in [0.2, 0.25) is 0 Å². The first-order chi connectivity index (χ1) is 66.4. The molecule has 0 spiro atoms. The third kappa shape index (κ3) is 15.0. The number of nitrogens with zero attached hydrogens (tertiary/aromatic N) is 13. The summed E-state index contributed by atoms with van der Waals surface area (Å²) < 4.78 is 0. The van der Waals surface area contributed by atoms with Gasteiger partial charge in [-0.05, 0) is 172 Å². The van der Waals surface area contributed by atoms with Crippen LogP contribution in [0.3, 0.4) is 0 Å². The van der Waals surface area contributed by atoms with E-state index in [0.29, 0.717) is 0 Å². The molecule has 0 saturated heterocycles. The molecular weight excluding hydrogens is 1640 g/mol.